The number of pyridine rings is 2. The maximum absolute atomic E-state index is 5.10. The summed E-state index contributed by atoms with van der Waals surface area (Å²) >= 11 is 0. The van der Waals surface area contributed by atoms with Crippen molar-refractivity contribution in [1.29, 1.82) is 0 Å². The lowest BCUT2D eigenvalue weighted by Gasteiger charge is -2.08. The zero-order valence-corrected chi connectivity index (χ0v) is 23.0. The lowest BCUT2D eigenvalue weighted by molar-refractivity contribution is 1.37. The fraction of sp³-hybridized carbons (Fsp3) is 0.0263. The molecule has 1 N–H and O–H groups in total. The second kappa shape index (κ2) is 9.79. The number of aromatic nitrogens is 3. The van der Waals surface area contributed by atoms with Crippen LogP contribution in [0.5, 0.6) is 0 Å². The van der Waals surface area contributed by atoms with Crippen molar-refractivity contribution in [3.63, 3.8) is 0 Å². The summed E-state index contributed by atoms with van der Waals surface area (Å²) in [6.45, 7) is 2.06. The average molecular weight is 539 g/mol. The maximum Gasteiger partial charge on any atom is 0.0972 e. The van der Waals surface area contributed by atoms with Crippen LogP contribution in [0.4, 0.5) is 5.69 Å². The number of H-pyrrole nitrogens is 1. The van der Waals surface area contributed by atoms with Gasteiger partial charge in [-0.25, -0.2) is 4.98 Å². The predicted molar refractivity (Wildman–Crippen MR) is 176 cm³/mol. The topological polar surface area (TPSA) is 53.9 Å². The van der Waals surface area contributed by atoms with Gasteiger partial charge < -0.3 is 4.98 Å². The number of benzene rings is 5. The molecule has 8 rings (SSSR count). The first kappa shape index (κ1) is 24.2. The predicted octanol–water partition coefficient (Wildman–Crippen LogP) is 9.89. The molecule has 0 spiro atoms. The molecule has 198 valence electrons. The third kappa shape index (κ3) is 4.13. The highest BCUT2D eigenvalue weighted by atomic mass is 14.8. The smallest absolute Gasteiger partial charge is 0.0972 e. The first-order chi connectivity index (χ1) is 20.7. The van der Waals surface area contributed by atoms with E-state index in [1.165, 1.54) is 21.9 Å². The van der Waals surface area contributed by atoms with Gasteiger partial charge in [0.15, 0.2) is 0 Å². The SMILES string of the molecule is CC(=Nc1ccccc1)c1ccc(-c2cccc3[nH]c4ccc(-c5ccc6ccc7cccnc7c6n5)cc4c23)cc1. The molecule has 0 aliphatic carbocycles. The second-order valence-electron chi connectivity index (χ2n) is 10.6. The van der Waals surface area contributed by atoms with Gasteiger partial charge in [-0.1, -0.05) is 84.9 Å². The standard InChI is InChI=1S/C38H26N4/c1-24(40-30-8-3-2-4-9-30)25-12-14-26(15-13-25)31-10-5-11-35-36(31)32-23-29(19-21-34(32)41-35)33-20-18-28-17-16-27-7-6-22-39-37(27)38(28)42-33/h2-23,41H,1H3. The van der Waals surface area contributed by atoms with E-state index in [0.29, 0.717) is 0 Å². The van der Waals surface area contributed by atoms with E-state index in [4.69, 9.17) is 9.98 Å². The van der Waals surface area contributed by atoms with Crippen molar-refractivity contribution < 1.29 is 0 Å². The number of nitrogens with one attached hydrogen (secondary N) is 1. The summed E-state index contributed by atoms with van der Waals surface area (Å²) in [5.41, 5.74) is 11.5. The molecule has 42 heavy (non-hydrogen) atoms. The van der Waals surface area contributed by atoms with Gasteiger partial charge in [0.1, 0.15) is 0 Å². The quantitative estimate of drug-likeness (QED) is 0.179. The van der Waals surface area contributed by atoms with Crippen molar-refractivity contribution in [3.8, 4) is 22.4 Å². The van der Waals surface area contributed by atoms with Crippen LogP contribution in [0, 0.1) is 0 Å². The zero-order valence-electron chi connectivity index (χ0n) is 23.0. The maximum atomic E-state index is 5.10. The number of aromatic amines is 1. The molecule has 0 atom stereocenters. The Morgan fingerprint density at radius 2 is 1.43 bits per heavy atom. The Bertz CT molecular complexity index is 2300. The van der Waals surface area contributed by atoms with Crippen LogP contribution >= 0.6 is 0 Å². The van der Waals surface area contributed by atoms with E-state index < -0.39 is 0 Å². The van der Waals surface area contributed by atoms with Crippen molar-refractivity contribution in [2.45, 2.75) is 6.92 Å². The highest BCUT2D eigenvalue weighted by molar-refractivity contribution is 6.15. The third-order valence-electron chi connectivity index (χ3n) is 8.02. The molecule has 3 heterocycles. The van der Waals surface area contributed by atoms with Gasteiger partial charge >= 0.3 is 0 Å². The molecule has 0 saturated carbocycles. The fourth-order valence-electron chi connectivity index (χ4n) is 5.89. The largest absolute Gasteiger partial charge is 0.354 e. The van der Waals surface area contributed by atoms with Crippen molar-refractivity contribution in [3.05, 3.63) is 139 Å². The van der Waals surface area contributed by atoms with Gasteiger partial charge in [-0.2, -0.15) is 0 Å². The number of hydrogen-bond donors (Lipinski definition) is 1. The van der Waals surface area contributed by atoms with Gasteiger partial charge in [0, 0.05) is 50.1 Å². The molecule has 0 aliphatic heterocycles. The van der Waals surface area contributed by atoms with E-state index in [1.807, 2.05) is 42.6 Å². The molecule has 0 aliphatic rings. The monoisotopic (exact) mass is 538 g/mol. The highest BCUT2D eigenvalue weighted by Crippen LogP contribution is 2.37. The van der Waals surface area contributed by atoms with Crippen LogP contribution in [0.2, 0.25) is 0 Å². The Hall–Kier alpha value is -5.61. The van der Waals surface area contributed by atoms with E-state index in [2.05, 4.69) is 108 Å². The molecule has 0 fully saturated rings. The van der Waals surface area contributed by atoms with Crippen molar-refractivity contribution in [2.24, 2.45) is 4.99 Å². The lowest BCUT2D eigenvalue weighted by Crippen LogP contribution is -1.93. The minimum Gasteiger partial charge on any atom is -0.354 e. The summed E-state index contributed by atoms with van der Waals surface area (Å²) < 4.78 is 0. The van der Waals surface area contributed by atoms with Gasteiger partial charge in [-0.15, -0.1) is 0 Å². The molecule has 3 aromatic heterocycles. The van der Waals surface area contributed by atoms with Crippen LogP contribution in [0.3, 0.4) is 0 Å². The van der Waals surface area contributed by atoms with Gasteiger partial charge in [-0.05, 0) is 66.1 Å². The number of aliphatic imine (C=N–C) groups is 1. The van der Waals surface area contributed by atoms with Crippen LogP contribution in [-0.4, -0.2) is 20.7 Å². The average Bonchev–Trinajstić information content (AvgIpc) is 3.43. The van der Waals surface area contributed by atoms with E-state index in [0.717, 1.165) is 61.1 Å². The summed E-state index contributed by atoms with van der Waals surface area (Å²) in [5.74, 6) is 0. The Kier molecular flexibility index (Phi) is 5.64. The molecule has 4 nitrogen and oxygen atoms in total. The minimum atomic E-state index is 0.927. The van der Waals surface area contributed by atoms with Gasteiger partial charge in [-0.3, -0.25) is 9.98 Å². The van der Waals surface area contributed by atoms with E-state index in [1.54, 1.807) is 0 Å². The molecule has 5 aromatic carbocycles. The summed E-state index contributed by atoms with van der Waals surface area (Å²) in [5, 5.41) is 4.58. The zero-order chi connectivity index (χ0) is 28.0. The number of rotatable bonds is 4. The normalized spacial score (nSPS) is 12.1. The van der Waals surface area contributed by atoms with E-state index in [-0.39, 0.29) is 0 Å². The van der Waals surface area contributed by atoms with Crippen molar-refractivity contribution >= 4 is 55.0 Å². The van der Waals surface area contributed by atoms with Crippen LogP contribution < -0.4 is 0 Å². The van der Waals surface area contributed by atoms with Crippen LogP contribution in [0.1, 0.15) is 12.5 Å². The third-order valence-corrected chi connectivity index (χ3v) is 8.02. The molecule has 8 aromatic rings. The molecule has 0 saturated heterocycles. The minimum absolute atomic E-state index is 0.927. The van der Waals surface area contributed by atoms with Gasteiger partial charge in [0.25, 0.3) is 0 Å². The van der Waals surface area contributed by atoms with E-state index >= 15 is 0 Å². The molecule has 0 radical (unpaired) electrons. The number of para-hydroxylation sites is 1. The van der Waals surface area contributed by atoms with Crippen molar-refractivity contribution in [1.82, 2.24) is 15.0 Å². The Morgan fingerprint density at radius 1 is 0.643 bits per heavy atom. The van der Waals surface area contributed by atoms with Gasteiger partial charge in [0.05, 0.1) is 22.4 Å². The lowest BCUT2D eigenvalue weighted by atomic mass is 9.97. The molecule has 0 bridgehead atoms. The molecule has 0 unspecified atom stereocenters. The molecular formula is C38H26N4. The fourth-order valence-corrected chi connectivity index (χ4v) is 5.89. The van der Waals surface area contributed by atoms with Crippen molar-refractivity contribution in [2.75, 3.05) is 0 Å². The van der Waals surface area contributed by atoms with Gasteiger partial charge in [0.2, 0.25) is 0 Å². The molecule has 4 heteroatoms. The van der Waals surface area contributed by atoms with Crippen LogP contribution in [0.25, 0.3) is 66.0 Å². The first-order valence-corrected chi connectivity index (χ1v) is 14.1. The Labute approximate surface area is 243 Å². The number of nitrogens with zero attached hydrogens (tertiary/aromatic N) is 3. The summed E-state index contributed by atoms with van der Waals surface area (Å²) in [7, 11) is 0. The van der Waals surface area contributed by atoms with Crippen LogP contribution in [-0.2, 0) is 0 Å². The first-order valence-electron chi connectivity index (χ1n) is 14.1. The molecule has 0 amide bonds. The van der Waals surface area contributed by atoms with Crippen LogP contribution in [0.15, 0.2) is 139 Å². The highest BCUT2D eigenvalue weighted by Gasteiger charge is 2.13. The molecular weight excluding hydrogens is 512 g/mol. The Balaban J connectivity index is 1.23. The van der Waals surface area contributed by atoms with E-state index in [9.17, 15) is 0 Å². The summed E-state index contributed by atoms with van der Waals surface area (Å²) in [6.07, 6.45) is 1.83. The summed E-state index contributed by atoms with van der Waals surface area (Å²) in [4.78, 5) is 18.2. The summed E-state index contributed by atoms with van der Waals surface area (Å²) in [6, 6.07) is 44.3. The number of fused-ring (bicyclic) bond motifs is 6. The Morgan fingerprint density at radius 3 is 2.29 bits per heavy atom. The number of hydrogen-bond acceptors (Lipinski definition) is 3. The second-order valence-corrected chi connectivity index (χ2v) is 10.6.